The molecule has 2 N–H and O–H groups in total. The zero-order valence-corrected chi connectivity index (χ0v) is 17.1. The molecule has 1 aliphatic rings. The van der Waals surface area contributed by atoms with Crippen LogP contribution in [-0.2, 0) is 11.2 Å². The van der Waals surface area contributed by atoms with E-state index < -0.39 is 20.4 Å². The summed E-state index contributed by atoms with van der Waals surface area (Å²) in [5.41, 5.74) is 2.05. The number of carboxylic acid groups (broad SMARTS) is 1. The van der Waals surface area contributed by atoms with E-state index in [2.05, 4.69) is 39.9 Å². The number of rotatable bonds is 6. The quantitative estimate of drug-likeness (QED) is 0.717. The van der Waals surface area contributed by atoms with Crippen molar-refractivity contribution in [2.24, 2.45) is 0 Å². The van der Waals surface area contributed by atoms with Crippen molar-refractivity contribution in [1.82, 2.24) is 0 Å². The fraction of sp³-hybridized carbons (Fsp3) is 0.650. The molecule has 1 atom stereocenters. The van der Waals surface area contributed by atoms with Crippen LogP contribution >= 0.6 is 0 Å². The normalized spacial score (nSPS) is 17.5. The van der Waals surface area contributed by atoms with Crippen molar-refractivity contribution in [2.75, 3.05) is 0 Å². The van der Waals surface area contributed by atoms with Gasteiger partial charge in [0.1, 0.15) is 5.75 Å². The number of carbonyl (C=O) groups is 1. The number of aliphatic hydroxyl groups excluding tert-OH is 1. The van der Waals surface area contributed by atoms with Gasteiger partial charge in [0.2, 0.25) is 8.32 Å². The second-order valence-corrected chi connectivity index (χ2v) is 13.5. The Morgan fingerprint density at radius 1 is 1.28 bits per heavy atom. The minimum absolute atomic E-state index is 0.123. The average Bonchev–Trinajstić information content (AvgIpc) is 3.01. The van der Waals surface area contributed by atoms with E-state index in [-0.39, 0.29) is 11.5 Å². The molecule has 0 heterocycles. The smallest absolute Gasteiger partial charge is 0.332 e. The summed E-state index contributed by atoms with van der Waals surface area (Å²) in [5.74, 6) is 0.248. The van der Waals surface area contributed by atoms with E-state index in [4.69, 9.17) is 9.53 Å². The molecule has 140 valence electrons. The molecule has 2 rings (SSSR count). The second-order valence-electron chi connectivity index (χ2n) is 8.77. The molecule has 1 aromatic carbocycles. The number of aliphatic hydroxyl groups is 1. The summed E-state index contributed by atoms with van der Waals surface area (Å²) in [6, 6.07) is 5.94. The van der Waals surface area contributed by atoms with E-state index in [1.54, 1.807) is 0 Å². The molecule has 0 bridgehead atoms. The number of hydrogen-bond donors (Lipinski definition) is 2. The third kappa shape index (κ3) is 4.85. The topological polar surface area (TPSA) is 66.8 Å². The van der Waals surface area contributed by atoms with Gasteiger partial charge in [-0.3, -0.25) is 0 Å². The van der Waals surface area contributed by atoms with Gasteiger partial charge in [0.15, 0.2) is 6.10 Å². The highest BCUT2D eigenvalue weighted by Gasteiger charge is 2.39. The van der Waals surface area contributed by atoms with Crippen molar-refractivity contribution >= 4 is 14.3 Å². The zero-order chi connectivity index (χ0) is 18.8. The summed E-state index contributed by atoms with van der Waals surface area (Å²) in [7, 11) is -1.94. The van der Waals surface area contributed by atoms with Gasteiger partial charge in [-0.05, 0) is 54.1 Å². The van der Waals surface area contributed by atoms with Crippen LogP contribution in [0, 0.1) is 0 Å². The lowest BCUT2D eigenvalue weighted by Gasteiger charge is -2.37. The summed E-state index contributed by atoms with van der Waals surface area (Å²) in [5, 5.41) is 18.7. The molecule has 0 radical (unpaired) electrons. The Morgan fingerprint density at radius 2 is 1.88 bits per heavy atom. The van der Waals surface area contributed by atoms with Gasteiger partial charge in [-0.15, -0.1) is 0 Å². The average molecular weight is 365 g/mol. The molecule has 0 aliphatic heterocycles. The van der Waals surface area contributed by atoms with Crippen molar-refractivity contribution in [1.29, 1.82) is 0 Å². The van der Waals surface area contributed by atoms with Gasteiger partial charge in [0.05, 0.1) is 0 Å². The number of carboxylic acids is 1. The monoisotopic (exact) mass is 364 g/mol. The van der Waals surface area contributed by atoms with E-state index in [9.17, 15) is 9.90 Å². The van der Waals surface area contributed by atoms with Gasteiger partial charge in [0, 0.05) is 6.42 Å². The second kappa shape index (κ2) is 7.50. The van der Waals surface area contributed by atoms with Crippen LogP contribution in [0.5, 0.6) is 5.75 Å². The first-order chi connectivity index (χ1) is 11.5. The van der Waals surface area contributed by atoms with Gasteiger partial charge in [-0.25, -0.2) is 4.79 Å². The summed E-state index contributed by atoms with van der Waals surface area (Å²) in [6.07, 6.45) is 3.54. The summed E-state index contributed by atoms with van der Waals surface area (Å²) >= 11 is 0. The molecule has 1 aliphatic carbocycles. The van der Waals surface area contributed by atoms with Crippen LogP contribution in [0.15, 0.2) is 18.2 Å². The highest BCUT2D eigenvalue weighted by molar-refractivity contribution is 6.74. The van der Waals surface area contributed by atoms with Crippen LogP contribution in [0.25, 0.3) is 0 Å². The lowest BCUT2D eigenvalue weighted by molar-refractivity contribution is -0.146. The molecule has 1 aromatic rings. The molecule has 0 saturated heterocycles. The number of hydrogen-bond acceptors (Lipinski definition) is 3. The van der Waals surface area contributed by atoms with Gasteiger partial charge < -0.3 is 14.6 Å². The molecule has 0 spiro atoms. The van der Waals surface area contributed by atoms with Gasteiger partial charge >= 0.3 is 5.97 Å². The molecule has 0 aromatic heterocycles. The van der Waals surface area contributed by atoms with E-state index in [0.717, 1.165) is 24.2 Å². The predicted molar refractivity (Wildman–Crippen MR) is 103 cm³/mol. The van der Waals surface area contributed by atoms with Gasteiger partial charge in [-0.1, -0.05) is 45.7 Å². The molecule has 5 heteroatoms. The van der Waals surface area contributed by atoms with Crippen LogP contribution in [0.3, 0.4) is 0 Å². The largest absolute Gasteiger partial charge is 0.543 e. The van der Waals surface area contributed by atoms with Crippen molar-refractivity contribution in [3.8, 4) is 5.75 Å². The first-order valence-electron chi connectivity index (χ1n) is 9.24. The van der Waals surface area contributed by atoms with Crippen molar-refractivity contribution < 1.29 is 19.4 Å². The van der Waals surface area contributed by atoms with Crippen LogP contribution in [0.2, 0.25) is 18.1 Å². The number of aliphatic carboxylic acids is 1. The fourth-order valence-corrected chi connectivity index (χ4v) is 4.15. The molecule has 1 fully saturated rings. The Hall–Kier alpha value is -1.33. The van der Waals surface area contributed by atoms with Crippen LogP contribution in [0.1, 0.15) is 63.5 Å². The molecular weight excluding hydrogens is 332 g/mol. The maximum Gasteiger partial charge on any atom is 0.332 e. The van der Waals surface area contributed by atoms with Crippen molar-refractivity contribution in [3.63, 3.8) is 0 Å². The third-order valence-corrected chi connectivity index (χ3v) is 10.1. The minimum Gasteiger partial charge on any atom is -0.543 e. The first-order valence-corrected chi connectivity index (χ1v) is 12.1. The minimum atomic E-state index is -1.94. The lowest BCUT2D eigenvalue weighted by atomic mass is 9.93. The van der Waals surface area contributed by atoms with Crippen molar-refractivity contribution in [3.05, 3.63) is 29.3 Å². The third-order valence-electron chi connectivity index (χ3n) is 5.75. The molecular formula is C20H32O4Si. The van der Waals surface area contributed by atoms with E-state index in [1.807, 2.05) is 12.1 Å². The van der Waals surface area contributed by atoms with Crippen LogP contribution < -0.4 is 4.43 Å². The maximum absolute atomic E-state index is 10.9. The highest BCUT2D eigenvalue weighted by atomic mass is 28.4. The fourth-order valence-electron chi connectivity index (χ4n) is 3.11. The van der Waals surface area contributed by atoms with Gasteiger partial charge in [-0.2, -0.15) is 0 Å². The predicted octanol–water partition coefficient (Wildman–Crippen LogP) is 4.72. The Labute approximate surface area is 152 Å². The summed E-state index contributed by atoms with van der Waals surface area (Å²) < 4.78 is 6.58. The Kier molecular flexibility index (Phi) is 6.00. The molecule has 1 saturated carbocycles. The molecule has 25 heavy (non-hydrogen) atoms. The zero-order valence-electron chi connectivity index (χ0n) is 16.1. The van der Waals surface area contributed by atoms with Crippen LogP contribution in [0.4, 0.5) is 0 Å². The summed E-state index contributed by atoms with van der Waals surface area (Å²) in [4.78, 5) is 10.9. The van der Waals surface area contributed by atoms with E-state index in [1.165, 1.54) is 18.4 Å². The Morgan fingerprint density at radius 3 is 2.40 bits per heavy atom. The van der Waals surface area contributed by atoms with Gasteiger partial charge in [0.25, 0.3) is 0 Å². The summed E-state index contributed by atoms with van der Waals surface area (Å²) in [6.45, 7) is 11.2. The van der Waals surface area contributed by atoms with E-state index >= 15 is 0 Å². The Balaban J connectivity index is 2.33. The Bertz CT molecular complexity index is 613. The maximum atomic E-state index is 10.9. The SMILES string of the molecule is CC(C)(C)[Si](C)(C)Oc1ccc(CC(O)C(=O)O)cc1C1CCCC1. The van der Waals surface area contributed by atoms with Crippen molar-refractivity contribution in [2.45, 2.75) is 83.0 Å². The van der Waals surface area contributed by atoms with E-state index in [0.29, 0.717) is 5.92 Å². The lowest BCUT2D eigenvalue weighted by Crippen LogP contribution is -2.44. The number of benzene rings is 1. The molecule has 1 unspecified atom stereocenters. The van der Waals surface area contributed by atoms with Crippen LogP contribution in [-0.4, -0.2) is 30.6 Å². The highest BCUT2D eigenvalue weighted by Crippen LogP contribution is 2.43. The molecule has 4 nitrogen and oxygen atoms in total. The standard InChI is InChI=1S/C20H32O4Si/c1-20(2,3)25(4,5)24-18-11-10-14(13-17(21)19(22)23)12-16(18)15-8-6-7-9-15/h10-12,15,17,21H,6-9,13H2,1-5H3,(H,22,23). The first kappa shape index (κ1) is 20.0. The molecule has 0 amide bonds.